The van der Waals surface area contributed by atoms with Gasteiger partial charge in [-0.05, 0) is 13.0 Å². The quantitative estimate of drug-likeness (QED) is 0.521. The number of rotatable bonds is 1. The molecule has 0 bridgehead atoms. The van der Waals surface area contributed by atoms with Gasteiger partial charge in [-0.2, -0.15) is 0 Å². The second-order valence-corrected chi connectivity index (χ2v) is 2.01. The number of carboxylic acid groups (broad SMARTS) is 1. The van der Waals surface area contributed by atoms with Crippen LogP contribution in [0, 0.1) is 0 Å². The Morgan fingerprint density at radius 1 is 1.80 bits per heavy atom. The smallest absolute Gasteiger partial charge is 0.349 e. The van der Waals surface area contributed by atoms with Gasteiger partial charge >= 0.3 is 11.9 Å². The van der Waals surface area contributed by atoms with Gasteiger partial charge in [-0.15, -0.1) is 0 Å². The molecular weight excluding hydrogens is 136 g/mol. The summed E-state index contributed by atoms with van der Waals surface area (Å²) in [5.74, 6) is -1.68. The van der Waals surface area contributed by atoms with Crippen molar-refractivity contribution in [3.63, 3.8) is 0 Å². The highest BCUT2D eigenvalue weighted by atomic mass is 16.6. The minimum atomic E-state index is -1.13. The lowest BCUT2D eigenvalue weighted by atomic mass is 10.3. The van der Waals surface area contributed by atoms with Crippen LogP contribution in [0.25, 0.3) is 0 Å². The molecule has 1 rings (SSSR count). The number of carboxylic acids is 1. The summed E-state index contributed by atoms with van der Waals surface area (Å²) in [4.78, 5) is 20.7. The zero-order valence-corrected chi connectivity index (χ0v) is 5.33. The average Bonchev–Trinajstić information content (AvgIpc) is 2.13. The van der Waals surface area contributed by atoms with Gasteiger partial charge < -0.3 is 9.84 Å². The van der Waals surface area contributed by atoms with E-state index in [9.17, 15) is 9.59 Å². The Kier molecular flexibility index (Phi) is 1.45. The van der Waals surface area contributed by atoms with Crippen molar-refractivity contribution in [3.05, 3.63) is 11.6 Å². The third-order valence-corrected chi connectivity index (χ3v) is 1.20. The standard InChI is InChI=1S/C6H6O4/c1-3-2-4(5(7)8)10-6(3)9/h2,4H,1H3,(H,7,8). The molecule has 0 amide bonds. The molecule has 1 aliphatic rings. The van der Waals surface area contributed by atoms with E-state index in [-0.39, 0.29) is 0 Å². The summed E-state index contributed by atoms with van der Waals surface area (Å²) in [6.45, 7) is 1.52. The van der Waals surface area contributed by atoms with Crippen LogP contribution in [0.3, 0.4) is 0 Å². The van der Waals surface area contributed by atoms with Gasteiger partial charge in [0.2, 0.25) is 6.10 Å². The van der Waals surface area contributed by atoms with E-state index in [2.05, 4.69) is 4.74 Å². The van der Waals surface area contributed by atoms with E-state index in [1.54, 1.807) is 0 Å². The SMILES string of the molecule is CC1=CC(C(=O)O)OC1=O. The first kappa shape index (κ1) is 6.80. The van der Waals surface area contributed by atoms with Crippen LogP contribution in [-0.2, 0) is 14.3 Å². The number of hydrogen-bond acceptors (Lipinski definition) is 3. The van der Waals surface area contributed by atoms with Crippen molar-refractivity contribution in [1.82, 2.24) is 0 Å². The number of cyclic esters (lactones) is 1. The molecular formula is C6H6O4. The molecule has 0 aromatic rings. The lowest BCUT2D eigenvalue weighted by Gasteiger charge is -1.99. The van der Waals surface area contributed by atoms with E-state index >= 15 is 0 Å². The summed E-state index contributed by atoms with van der Waals surface area (Å²) in [6.07, 6.45) is 0.206. The summed E-state index contributed by atoms with van der Waals surface area (Å²) in [6, 6.07) is 0. The number of ether oxygens (including phenoxy) is 1. The predicted molar refractivity (Wildman–Crippen MR) is 31.3 cm³/mol. The molecule has 0 saturated carbocycles. The van der Waals surface area contributed by atoms with Gasteiger partial charge in [0.1, 0.15) is 0 Å². The maximum atomic E-state index is 10.5. The van der Waals surface area contributed by atoms with E-state index in [1.807, 2.05) is 0 Å². The number of carbonyl (C=O) groups is 2. The average molecular weight is 142 g/mol. The Balaban J connectivity index is 2.74. The summed E-state index contributed by atoms with van der Waals surface area (Å²) >= 11 is 0. The number of hydrogen-bond donors (Lipinski definition) is 1. The largest absolute Gasteiger partial charge is 0.478 e. The lowest BCUT2D eigenvalue weighted by Crippen LogP contribution is -2.18. The lowest BCUT2D eigenvalue weighted by molar-refractivity contribution is -0.155. The van der Waals surface area contributed by atoms with E-state index in [4.69, 9.17) is 5.11 Å². The molecule has 1 atom stereocenters. The normalized spacial score (nSPS) is 23.9. The molecule has 4 heteroatoms. The maximum absolute atomic E-state index is 10.5. The van der Waals surface area contributed by atoms with Gasteiger partial charge in [0.05, 0.1) is 0 Å². The fourth-order valence-electron chi connectivity index (χ4n) is 0.659. The first-order chi connectivity index (χ1) is 4.61. The number of aliphatic carboxylic acids is 1. The topological polar surface area (TPSA) is 63.6 Å². The van der Waals surface area contributed by atoms with Crippen molar-refractivity contribution in [2.24, 2.45) is 0 Å². The van der Waals surface area contributed by atoms with Crippen LogP contribution in [0.4, 0.5) is 0 Å². The van der Waals surface area contributed by atoms with Crippen molar-refractivity contribution >= 4 is 11.9 Å². The van der Waals surface area contributed by atoms with Crippen molar-refractivity contribution < 1.29 is 19.4 Å². The molecule has 1 N–H and O–H groups in total. The Morgan fingerprint density at radius 2 is 2.40 bits per heavy atom. The van der Waals surface area contributed by atoms with Crippen LogP contribution in [-0.4, -0.2) is 23.1 Å². The van der Waals surface area contributed by atoms with Gasteiger partial charge in [-0.25, -0.2) is 9.59 Å². The fraction of sp³-hybridized carbons (Fsp3) is 0.333. The van der Waals surface area contributed by atoms with Crippen LogP contribution >= 0.6 is 0 Å². The highest BCUT2D eigenvalue weighted by Crippen LogP contribution is 2.12. The molecule has 0 radical (unpaired) electrons. The van der Waals surface area contributed by atoms with Crippen LogP contribution in [0.5, 0.6) is 0 Å². The predicted octanol–water partition coefficient (Wildman–Crippen LogP) is -0.0573. The molecule has 1 heterocycles. The van der Waals surface area contributed by atoms with Crippen LogP contribution in [0.1, 0.15) is 6.92 Å². The first-order valence-corrected chi connectivity index (χ1v) is 2.73. The zero-order chi connectivity index (χ0) is 7.72. The second-order valence-electron chi connectivity index (χ2n) is 2.01. The molecule has 0 fully saturated rings. The van der Waals surface area contributed by atoms with E-state index < -0.39 is 18.0 Å². The summed E-state index contributed by atoms with van der Waals surface area (Å²) in [5.41, 5.74) is 0.354. The van der Waals surface area contributed by atoms with Gasteiger partial charge in [0, 0.05) is 5.57 Å². The van der Waals surface area contributed by atoms with E-state index in [1.165, 1.54) is 13.0 Å². The molecule has 0 aromatic carbocycles. The second kappa shape index (κ2) is 2.13. The minimum Gasteiger partial charge on any atom is -0.478 e. The van der Waals surface area contributed by atoms with Crippen molar-refractivity contribution in [3.8, 4) is 0 Å². The minimum absolute atomic E-state index is 0.354. The molecule has 54 valence electrons. The molecule has 0 aromatic heterocycles. The molecule has 1 aliphatic heterocycles. The Labute approximate surface area is 57.1 Å². The summed E-state index contributed by atoms with van der Waals surface area (Å²) in [7, 11) is 0. The highest BCUT2D eigenvalue weighted by molar-refractivity contribution is 5.94. The number of carbonyl (C=O) groups excluding carboxylic acids is 1. The van der Waals surface area contributed by atoms with Gasteiger partial charge in [0.25, 0.3) is 0 Å². The van der Waals surface area contributed by atoms with Crippen molar-refractivity contribution in [2.75, 3.05) is 0 Å². The van der Waals surface area contributed by atoms with Crippen molar-refractivity contribution in [2.45, 2.75) is 13.0 Å². The van der Waals surface area contributed by atoms with Gasteiger partial charge in [-0.3, -0.25) is 0 Å². The van der Waals surface area contributed by atoms with E-state index in [0.717, 1.165) is 0 Å². The Bertz CT molecular complexity index is 216. The van der Waals surface area contributed by atoms with Crippen LogP contribution < -0.4 is 0 Å². The highest BCUT2D eigenvalue weighted by Gasteiger charge is 2.27. The molecule has 4 nitrogen and oxygen atoms in total. The third kappa shape index (κ3) is 1.00. The summed E-state index contributed by atoms with van der Waals surface area (Å²) < 4.78 is 4.40. The van der Waals surface area contributed by atoms with Gasteiger partial charge in [0.15, 0.2) is 0 Å². The monoisotopic (exact) mass is 142 g/mol. The molecule has 0 aliphatic carbocycles. The molecule has 0 spiro atoms. The fourth-order valence-corrected chi connectivity index (χ4v) is 0.659. The Morgan fingerprint density at radius 3 is 2.60 bits per heavy atom. The third-order valence-electron chi connectivity index (χ3n) is 1.20. The van der Waals surface area contributed by atoms with E-state index in [0.29, 0.717) is 5.57 Å². The first-order valence-electron chi connectivity index (χ1n) is 2.73. The number of esters is 1. The molecule has 10 heavy (non-hydrogen) atoms. The summed E-state index contributed by atoms with van der Waals surface area (Å²) in [5, 5.41) is 8.33. The Hall–Kier alpha value is -1.32. The van der Waals surface area contributed by atoms with Gasteiger partial charge in [-0.1, -0.05) is 0 Å². The zero-order valence-electron chi connectivity index (χ0n) is 5.33. The molecule has 0 saturated heterocycles. The van der Waals surface area contributed by atoms with Crippen LogP contribution in [0.2, 0.25) is 0 Å². The maximum Gasteiger partial charge on any atom is 0.349 e. The van der Waals surface area contributed by atoms with Crippen molar-refractivity contribution in [1.29, 1.82) is 0 Å². The van der Waals surface area contributed by atoms with Crippen LogP contribution in [0.15, 0.2) is 11.6 Å². The molecule has 1 unspecified atom stereocenters.